The summed E-state index contributed by atoms with van der Waals surface area (Å²) in [6.07, 6.45) is 8.04. The number of nitrogens with one attached hydrogen (secondary N) is 1. The molecule has 0 spiro atoms. The van der Waals surface area contributed by atoms with E-state index in [1.54, 1.807) is 11.3 Å². The van der Waals surface area contributed by atoms with Gasteiger partial charge in [-0.25, -0.2) is 4.98 Å². The molecule has 0 unspecified atom stereocenters. The van der Waals surface area contributed by atoms with Crippen molar-refractivity contribution in [3.05, 3.63) is 29.8 Å². The first-order valence-corrected chi connectivity index (χ1v) is 13.5. The number of imidazole rings is 1. The fourth-order valence-corrected chi connectivity index (χ4v) is 6.11. The summed E-state index contributed by atoms with van der Waals surface area (Å²) in [6, 6.07) is 9.58. The van der Waals surface area contributed by atoms with E-state index in [2.05, 4.69) is 67.1 Å². The third-order valence-electron chi connectivity index (χ3n) is 7.00. The van der Waals surface area contributed by atoms with Crippen LogP contribution in [0.5, 0.6) is 0 Å². The smallest absolute Gasteiger partial charge is 0.216 e. The van der Waals surface area contributed by atoms with Crippen LogP contribution in [0.4, 0.5) is 10.9 Å². The second-order valence-corrected chi connectivity index (χ2v) is 11.6. The minimum Gasteiger partial charge on any atom is -0.364 e. The Bertz CT molecular complexity index is 1060. The molecule has 6 nitrogen and oxygen atoms in total. The van der Waals surface area contributed by atoms with Crippen LogP contribution in [0, 0.1) is 0 Å². The lowest BCUT2D eigenvalue weighted by atomic mass is 9.94. The van der Waals surface area contributed by atoms with Crippen LogP contribution in [0.15, 0.2) is 24.3 Å². The van der Waals surface area contributed by atoms with Crippen LogP contribution in [0.25, 0.3) is 16.2 Å². The maximum absolute atomic E-state index is 5.06. The minimum absolute atomic E-state index is 0.0799. The molecule has 2 aromatic heterocycles. The number of rotatable bonds is 5. The quantitative estimate of drug-likeness (QED) is 0.524. The van der Waals surface area contributed by atoms with Crippen molar-refractivity contribution in [2.75, 3.05) is 36.4 Å². The molecule has 7 heteroatoms. The molecule has 2 fully saturated rings. The molecule has 0 amide bonds. The van der Waals surface area contributed by atoms with Gasteiger partial charge in [-0.05, 0) is 45.6 Å². The largest absolute Gasteiger partial charge is 0.364 e. The normalized spacial score (nSPS) is 18.8. The lowest BCUT2D eigenvalue weighted by Gasteiger charge is -2.40. The van der Waals surface area contributed by atoms with E-state index in [-0.39, 0.29) is 5.54 Å². The summed E-state index contributed by atoms with van der Waals surface area (Å²) in [6.45, 7) is 13.2. The molecular weight excluding hydrogens is 428 g/mol. The molecule has 2 aliphatic rings. The Balaban J connectivity index is 1.39. The number of aryl methyl sites for hydroxylation is 1. The predicted octanol–water partition coefficient (Wildman–Crippen LogP) is 5.69. The molecular formula is C26H38N6S. The van der Waals surface area contributed by atoms with Gasteiger partial charge in [0.1, 0.15) is 5.69 Å². The van der Waals surface area contributed by atoms with Gasteiger partial charge in [0.05, 0.1) is 0 Å². The molecule has 5 rings (SSSR count). The van der Waals surface area contributed by atoms with Crippen molar-refractivity contribution >= 4 is 27.2 Å². The second kappa shape index (κ2) is 9.26. The van der Waals surface area contributed by atoms with Gasteiger partial charge in [0.2, 0.25) is 10.1 Å². The molecule has 33 heavy (non-hydrogen) atoms. The number of hydrogen-bond donors (Lipinski definition) is 1. The molecule has 1 aliphatic heterocycles. The summed E-state index contributed by atoms with van der Waals surface area (Å²) in [5.74, 6) is 0.991. The number of piperazine rings is 1. The van der Waals surface area contributed by atoms with Crippen LogP contribution in [-0.2, 0) is 6.42 Å². The van der Waals surface area contributed by atoms with Gasteiger partial charge < -0.3 is 10.2 Å². The summed E-state index contributed by atoms with van der Waals surface area (Å²) in [4.78, 5) is 11.2. The Hall–Kier alpha value is -2.12. The van der Waals surface area contributed by atoms with Crippen LogP contribution in [0.1, 0.15) is 65.4 Å². The Labute approximate surface area is 202 Å². The highest BCUT2D eigenvalue weighted by Crippen LogP contribution is 2.35. The minimum atomic E-state index is -0.0799. The molecule has 1 aliphatic carbocycles. The molecule has 0 radical (unpaired) electrons. The monoisotopic (exact) mass is 466 g/mol. The van der Waals surface area contributed by atoms with E-state index in [0.29, 0.717) is 0 Å². The molecule has 3 aromatic rings. The fourth-order valence-electron chi connectivity index (χ4n) is 5.16. The van der Waals surface area contributed by atoms with Crippen molar-refractivity contribution in [3.63, 3.8) is 0 Å². The van der Waals surface area contributed by atoms with E-state index < -0.39 is 0 Å². The third-order valence-corrected chi connectivity index (χ3v) is 7.97. The molecule has 0 bridgehead atoms. The number of aromatic nitrogens is 3. The topological polar surface area (TPSA) is 48.7 Å². The van der Waals surface area contributed by atoms with E-state index in [1.807, 2.05) is 4.52 Å². The van der Waals surface area contributed by atoms with Crippen LogP contribution in [-0.4, -0.2) is 57.3 Å². The molecule has 3 heterocycles. The average molecular weight is 467 g/mol. The summed E-state index contributed by atoms with van der Waals surface area (Å²) in [7, 11) is 0. The molecule has 1 saturated heterocycles. The Morgan fingerprint density at radius 2 is 1.70 bits per heavy atom. The molecule has 1 N–H and O–H groups in total. The number of nitrogens with zero attached hydrogens (tertiary/aromatic N) is 5. The van der Waals surface area contributed by atoms with Gasteiger partial charge in [0.15, 0.2) is 5.82 Å². The zero-order chi connectivity index (χ0) is 23.0. The number of fused-ring (bicyclic) bond motifs is 1. The van der Waals surface area contributed by atoms with Gasteiger partial charge in [-0.3, -0.25) is 4.90 Å². The summed E-state index contributed by atoms with van der Waals surface area (Å²) < 4.78 is 2.03. The first-order valence-electron chi connectivity index (χ1n) is 12.7. The van der Waals surface area contributed by atoms with E-state index in [4.69, 9.17) is 10.1 Å². The summed E-state index contributed by atoms with van der Waals surface area (Å²) in [5.41, 5.74) is 3.39. The van der Waals surface area contributed by atoms with Crippen LogP contribution < -0.4 is 10.2 Å². The van der Waals surface area contributed by atoms with Crippen LogP contribution in [0.2, 0.25) is 0 Å². The van der Waals surface area contributed by atoms with Crippen molar-refractivity contribution < 1.29 is 0 Å². The Morgan fingerprint density at radius 3 is 2.33 bits per heavy atom. The van der Waals surface area contributed by atoms with Crippen LogP contribution in [0.3, 0.4) is 0 Å². The maximum atomic E-state index is 5.06. The highest BCUT2D eigenvalue weighted by atomic mass is 32.1. The fraction of sp³-hybridized carbons (Fsp3) is 0.615. The number of hydrogen-bond acceptors (Lipinski definition) is 6. The number of anilines is 2. The second-order valence-electron chi connectivity index (χ2n) is 10.6. The van der Waals surface area contributed by atoms with Crippen molar-refractivity contribution in [1.29, 1.82) is 0 Å². The van der Waals surface area contributed by atoms with Gasteiger partial charge >= 0.3 is 0 Å². The average Bonchev–Trinajstić information content (AvgIpc) is 3.38. The predicted molar refractivity (Wildman–Crippen MR) is 140 cm³/mol. The maximum Gasteiger partial charge on any atom is 0.216 e. The third kappa shape index (κ3) is 4.90. The first-order chi connectivity index (χ1) is 15.9. The molecule has 1 aromatic carbocycles. The summed E-state index contributed by atoms with van der Waals surface area (Å²) in [5, 5.41) is 9.83. The zero-order valence-corrected chi connectivity index (χ0v) is 21.4. The van der Waals surface area contributed by atoms with Crippen LogP contribution >= 0.6 is 11.3 Å². The van der Waals surface area contributed by atoms with E-state index in [9.17, 15) is 0 Å². The van der Waals surface area contributed by atoms with Gasteiger partial charge in [-0.2, -0.15) is 4.52 Å². The van der Waals surface area contributed by atoms with Crippen molar-refractivity contribution in [2.45, 2.75) is 77.8 Å². The molecule has 0 atom stereocenters. The highest BCUT2D eigenvalue weighted by Gasteiger charge is 2.28. The first kappa shape index (κ1) is 22.7. The van der Waals surface area contributed by atoms with E-state index in [1.165, 1.54) is 37.7 Å². The summed E-state index contributed by atoms with van der Waals surface area (Å²) >= 11 is 1.71. The molecule has 178 valence electrons. The van der Waals surface area contributed by atoms with Crippen molar-refractivity contribution in [1.82, 2.24) is 19.5 Å². The standard InChI is InChI=1S/C26H38N6S/c1-5-19-11-13-20(14-12-19)22-23(28-26(2,3)4)32-24(27-22)33-25(29-32)31-17-15-30(16-18-31)21-9-7-6-8-10-21/h11-14,21,28H,5-10,15-18H2,1-4H3. The van der Waals surface area contributed by atoms with Gasteiger partial charge in [-0.15, -0.1) is 5.10 Å². The van der Waals surface area contributed by atoms with Crippen molar-refractivity contribution in [3.8, 4) is 11.3 Å². The zero-order valence-electron chi connectivity index (χ0n) is 20.6. The molecule has 1 saturated carbocycles. The highest BCUT2D eigenvalue weighted by molar-refractivity contribution is 7.20. The lowest BCUT2D eigenvalue weighted by molar-refractivity contribution is 0.148. The van der Waals surface area contributed by atoms with E-state index >= 15 is 0 Å². The Morgan fingerprint density at radius 1 is 1.00 bits per heavy atom. The van der Waals surface area contributed by atoms with Gasteiger partial charge in [-0.1, -0.05) is 61.8 Å². The van der Waals surface area contributed by atoms with Gasteiger partial charge in [0, 0.05) is 43.3 Å². The lowest BCUT2D eigenvalue weighted by Crippen LogP contribution is -2.50. The number of benzene rings is 1. The Kier molecular flexibility index (Phi) is 6.36. The van der Waals surface area contributed by atoms with Gasteiger partial charge in [0.25, 0.3) is 0 Å². The van der Waals surface area contributed by atoms with E-state index in [0.717, 1.165) is 65.8 Å². The van der Waals surface area contributed by atoms with Crippen molar-refractivity contribution in [2.24, 2.45) is 0 Å². The SMILES string of the molecule is CCc1ccc(-c2nc3sc(N4CCN(C5CCCCC5)CC4)nn3c2NC(C)(C)C)cc1.